The molecule has 1 rings (SSSR count). The maximum atomic E-state index is 10.7. The van der Waals surface area contributed by atoms with Crippen molar-refractivity contribution in [3.05, 3.63) is 24.0 Å². The second kappa shape index (κ2) is 1.88. The summed E-state index contributed by atoms with van der Waals surface area (Å²) >= 11 is 0. The monoisotopic (exact) mass is 130 g/mol. The van der Waals surface area contributed by atoms with Gasteiger partial charge in [0.2, 0.25) is 7.37 Å². The first-order valence-electron chi connectivity index (χ1n) is 2.37. The van der Waals surface area contributed by atoms with Crippen LogP contribution in [0.5, 0.6) is 0 Å². The molecule has 1 N–H and O–H groups in total. The SMILES string of the molecule is O=P1(O)C=CC=CC1. The number of rotatable bonds is 0. The van der Waals surface area contributed by atoms with E-state index in [4.69, 9.17) is 4.89 Å². The average Bonchev–Trinajstić information content (AvgIpc) is 1.65. The van der Waals surface area contributed by atoms with E-state index in [9.17, 15) is 4.57 Å². The van der Waals surface area contributed by atoms with Crippen molar-refractivity contribution in [2.75, 3.05) is 6.16 Å². The molecule has 1 unspecified atom stereocenters. The molecule has 0 saturated heterocycles. The van der Waals surface area contributed by atoms with Crippen molar-refractivity contribution in [3.8, 4) is 0 Å². The fourth-order valence-electron chi connectivity index (χ4n) is 0.535. The van der Waals surface area contributed by atoms with Crippen LogP contribution in [-0.4, -0.2) is 11.1 Å². The molecule has 1 aliphatic rings. The van der Waals surface area contributed by atoms with Gasteiger partial charge in [0.1, 0.15) is 0 Å². The fourth-order valence-corrected chi connectivity index (χ4v) is 1.45. The predicted octanol–water partition coefficient (Wildman–Crippen LogP) is 1.34. The minimum Gasteiger partial charge on any atom is -0.341 e. The summed E-state index contributed by atoms with van der Waals surface area (Å²) in [5.41, 5.74) is 0. The van der Waals surface area contributed by atoms with E-state index in [-0.39, 0.29) is 0 Å². The highest BCUT2D eigenvalue weighted by molar-refractivity contribution is 7.61. The van der Waals surface area contributed by atoms with Gasteiger partial charge in [-0.3, -0.25) is 4.57 Å². The standard InChI is InChI=1S/C5H7O2P/c6-8(7)4-2-1-3-5-8/h1-4H,5H2,(H,6,7). The maximum Gasteiger partial charge on any atom is 0.226 e. The van der Waals surface area contributed by atoms with Crippen LogP contribution in [0.15, 0.2) is 24.0 Å². The molecule has 3 heteroatoms. The smallest absolute Gasteiger partial charge is 0.226 e. The van der Waals surface area contributed by atoms with Crippen LogP contribution < -0.4 is 0 Å². The van der Waals surface area contributed by atoms with Crippen molar-refractivity contribution in [3.63, 3.8) is 0 Å². The molecule has 1 atom stereocenters. The van der Waals surface area contributed by atoms with Crippen molar-refractivity contribution in [2.24, 2.45) is 0 Å². The van der Waals surface area contributed by atoms with Crippen LogP contribution in [0.3, 0.4) is 0 Å². The highest BCUT2D eigenvalue weighted by Gasteiger charge is 2.11. The minimum atomic E-state index is -2.85. The zero-order valence-electron chi connectivity index (χ0n) is 4.32. The molecule has 2 nitrogen and oxygen atoms in total. The van der Waals surface area contributed by atoms with E-state index in [0.717, 1.165) is 0 Å². The molecule has 0 fully saturated rings. The van der Waals surface area contributed by atoms with Gasteiger partial charge in [0, 0.05) is 12.0 Å². The van der Waals surface area contributed by atoms with Crippen molar-refractivity contribution in [2.45, 2.75) is 0 Å². The molecular weight excluding hydrogens is 123 g/mol. The second-order valence-corrected chi connectivity index (χ2v) is 3.88. The van der Waals surface area contributed by atoms with E-state index in [1.165, 1.54) is 5.82 Å². The Hall–Kier alpha value is -0.330. The Kier molecular flexibility index (Phi) is 1.37. The summed E-state index contributed by atoms with van der Waals surface area (Å²) < 4.78 is 10.7. The van der Waals surface area contributed by atoms with E-state index < -0.39 is 7.37 Å². The second-order valence-electron chi connectivity index (χ2n) is 1.71. The third-order valence-corrected chi connectivity index (χ3v) is 2.31. The normalized spacial score (nSPS) is 35.6. The lowest BCUT2D eigenvalue weighted by molar-refractivity contribution is 0.492. The van der Waals surface area contributed by atoms with E-state index >= 15 is 0 Å². The molecule has 1 aliphatic heterocycles. The molecular formula is C5H7O2P. The zero-order valence-corrected chi connectivity index (χ0v) is 5.21. The van der Waals surface area contributed by atoms with Crippen LogP contribution in [0.25, 0.3) is 0 Å². The van der Waals surface area contributed by atoms with Crippen LogP contribution in [0, 0.1) is 0 Å². The molecule has 0 spiro atoms. The Morgan fingerprint density at radius 1 is 1.50 bits per heavy atom. The lowest BCUT2D eigenvalue weighted by Gasteiger charge is -2.03. The highest BCUT2D eigenvalue weighted by atomic mass is 31.2. The summed E-state index contributed by atoms with van der Waals surface area (Å²) in [6.45, 7) is 0. The van der Waals surface area contributed by atoms with Crippen LogP contribution in [0.4, 0.5) is 0 Å². The number of hydrogen-bond donors (Lipinski definition) is 1. The summed E-state index contributed by atoms with van der Waals surface area (Å²) in [4.78, 5) is 8.79. The van der Waals surface area contributed by atoms with Crippen LogP contribution in [-0.2, 0) is 4.57 Å². The van der Waals surface area contributed by atoms with Gasteiger partial charge in [-0.2, -0.15) is 0 Å². The molecule has 0 aromatic carbocycles. The maximum absolute atomic E-state index is 10.7. The van der Waals surface area contributed by atoms with Crippen LogP contribution >= 0.6 is 7.37 Å². The van der Waals surface area contributed by atoms with Crippen LogP contribution in [0.2, 0.25) is 0 Å². The van der Waals surface area contributed by atoms with Gasteiger partial charge in [0.25, 0.3) is 0 Å². The first kappa shape index (κ1) is 5.80. The Bertz CT molecular complexity index is 181. The molecule has 1 heterocycles. The molecule has 0 bridgehead atoms. The van der Waals surface area contributed by atoms with Gasteiger partial charge in [-0.1, -0.05) is 18.2 Å². The van der Waals surface area contributed by atoms with Gasteiger partial charge in [0.05, 0.1) is 0 Å². The van der Waals surface area contributed by atoms with E-state index in [1.807, 2.05) is 0 Å². The summed E-state index contributed by atoms with van der Waals surface area (Å²) in [5.74, 6) is 1.35. The molecule has 0 radical (unpaired) electrons. The Labute approximate surface area is 48.0 Å². The summed E-state index contributed by atoms with van der Waals surface area (Å²) in [7, 11) is -2.85. The molecule has 0 amide bonds. The minimum absolute atomic E-state index is 0.295. The molecule has 0 saturated carbocycles. The molecule has 8 heavy (non-hydrogen) atoms. The highest BCUT2D eigenvalue weighted by Crippen LogP contribution is 2.43. The number of allylic oxidation sites excluding steroid dienone is 3. The van der Waals surface area contributed by atoms with Gasteiger partial charge in [-0.25, -0.2) is 0 Å². The van der Waals surface area contributed by atoms with Gasteiger partial charge in [-0.15, -0.1) is 0 Å². The third-order valence-electron chi connectivity index (χ3n) is 0.933. The molecule has 44 valence electrons. The van der Waals surface area contributed by atoms with Crippen LogP contribution in [0.1, 0.15) is 0 Å². The summed E-state index contributed by atoms with van der Waals surface area (Å²) in [6, 6.07) is 0. The average molecular weight is 130 g/mol. The molecule has 0 aromatic rings. The predicted molar refractivity (Wildman–Crippen MR) is 33.0 cm³/mol. The van der Waals surface area contributed by atoms with Gasteiger partial charge in [-0.05, 0) is 0 Å². The zero-order chi connectivity index (χ0) is 6.04. The van der Waals surface area contributed by atoms with E-state index in [2.05, 4.69) is 0 Å². The lowest BCUT2D eigenvalue weighted by Crippen LogP contribution is -1.82. The van der Waals surface area contributed by atoms with Crippen molar-refractivity contribution in [1.29, 1.82) is 0 Å². The Morgan fingerprint density at radius 3 is 2.50 bits per heavy atom. The van der Waals surface area contributed by atoms with E-state index in [0.29, 0.717) is 6.16 Å². The first-order valence-corrected chi connectivity index (χ1v) is 4.28. The molecule has 0 aromatic heterocycles. The van der Waals surface area contributed by atoms with Gasteiger partial charge < -0.3 is 4.89 Å². The quantitative estimate of drug-likeness (QED) is 0.502. The fraction of sp³-hybridized carbons (Fsp3) is 0.200. The molecule has 0 aliphatic carbocycles. The Balaban J connectivity index is 2.81. The lowest BCUT2D eigenvalue weighted by atomic mass is 10.5. The topological polar surface area (TPSA) is 37.3 Å². The van der Waals surface area contributed by atoms with E-state index in [1.54, 1.807) is 18.2 Å². The summed E-state index contributed by atoms with van der Waals surface area (Å²) in [5, 5.41) is 0. The first-order chi connectivity index (χ1) is 3.71. The summed E-state index contributed by atoms with van der Waals surface area (Å²) in [6.07, 6.45) is 5.36. The third kappa shape index (κ3) is 1.32. The van der Waals surface area contributed by atoms with Crippen molar-refractivity contribution in [1.82, 2.24) is 0 Å². The van der Waals surface area contributed by atoms with Gasteiger partial charge >= 0.3 is 0 Å². The van der Waals surface area contributed by atoms with Crippen molar-refractivity contribution >= 4 is 7.37 Å². The Morgan fingerprint density at radius 2 is 2.25 bits per heavy atom. The van der Waals surface area contributed by atoms with Crippen molar-refractivity contribution < 1.29 is 9.46 Å². The number of hydrogen-bond acceptors (Lipinski definition) is 1. The van der Waals surface area contributed by atoms with Gasteiger partial charge in [0.15, 0.2) is 0 Å². The largest absolute Gasteiger partial charge is 0.341 e.